The highest BCUT2D eigenvalue weighted by Gasteiger charge is 2.40. The number of methoxy groups -OCH3 is 1. The summed E-state index contributed by atoms with van der Waals surface area (Å²) in [6, 6.07) is 8.39. The first kappa shape index (κ1) is 33.2. The summed E-state index contributed by atoms with van der Waals surface area (Å²) < 4.78 is 59.2. The Balaban J connectivity index is 1.27. The van der Waals surface area contributed by atoms with Gasteiger partial charge in [0.25, 0.3) is 5.91 Å². The first-order valence-electron chi connectivity index (χ1n) is 15.2. The van der Waals surface area contributed by atoms with E-state index in [1.807, 2.05) is 6.07 Å². The Bertz CT molecular complexity index is 1720. The molecule has 0 unspecified atom stereocenters. The predicted octanol–water partition coefficient (Wildman–Crippen LogP) is 4.75. The van der Waals surface area contributed by atoms with Crippen LogP contribution in [0.1, 0.15) is 51.4 Å². The molecule has 3 heterocycles. The van der Waals surface area contributed by atoms with Gasteiger partial charge in [0.05, 0.1) is 30.2 Å². The van der Waals surface area contributed by atoms with E-state index >= 15 is 0 Å². The average Bonchev–Trinajstić information content (AvgIpc) is 3.28. The highest BCUT2D eigenvalue weighted by atomic mass is 31.2. The molecule has 16 heteroatoms. The van der Waals surface area contributed by atoms with Crippen molar-refractivity contribution < 1.29 is 37.1 Å². The van der Waals surface area contributed by atoms with Crippen molar-refractivity contribution in [3.05, 3.63) is 64.3 Å². The molecule has 0 spiro atoms. The van der Waals surface area contributed by atoms with E-state index in [1.54, 1.807) is 18.0 Å². The highest BCUT2D eigenvalue weighted by Crippen LogP contribution is 2.46. The van der Waals surface area contributed by atoms with E-state index in [1.165, 1.54) is 25.3 Å². The summed E-state index contributed by atoms with van der Waals surface area (Å²) in [6.07, 6.45) is -2.70. The Labute approximate surface area is 270 Å². The fraction of sp³-hybridized carbons (Fsp3) is 0.452. The second-order valence-corrected chi connectivity index (χ2v) is 14.1. The smallest absolute Gasteiger partial charge is 0.421 e. The van der Waals surface area contributed by atoms with Gasteiger partial charge in [-0.2, -0.15) is 18.2 Å². The first-order chi connectivity index (χ1) is 22.2. The van der Waals surface area contributed by atoms with Crippen molar-refractivity contribution in [2.45, 2.75) is 43.7 Å². The third-order valence-electron chi connectivity index (χ3n) is 9.16. The van der Waals surface area contributed by atoms with Gasteiger partial charge in [-0.3, -0.25) is 14.3 Å². The van der Waals surface area contributed by atoms with Gasteiger partial charge in [0, 0.05) is 52.0 Å². The zero-order chi connectivity index (χ0) is 33.7. The molecule has 1 saturated carbocycles. The van der Waals surface area contributed by atoms with E-state index in [9.17, 15) is 32.3 Å². The zero-order valence-electron chi connectivity index (χ0n) is 26.2. The average molecular weight is 676 g/mol. The third-order valence-corrected chi connectivity index (χ3v) is 9.94. The van der Waals surface area contributed by atoms with Gasteiger partial charge in [-0.15, -0.1) is 0 Å². The minimum Gasteiger partial charge on any atom is -0.495 e. The molecule has 1 aromatic heterocycles. The van der Waals surface area contributed by atoms with Gasteiger partial charge in [0.1, 0.15) is 17.1 Å². The molecule has 6 rings (SSSR count). The Kier molecular flexibility index (Phi) is 8.96. The van der Waals surface area contributed by atoms with E-state index in [-0.39, 0.29) is 34.9 Å². The molecule has 0 radical (unpaired) electrons. The number of ether oxygens (including phenoxy) is 1. The number of alkyl halides is 3. The number of amides is 1. The lowest BCUT2D eigenvalue weighted by Crippen LogP contribution is -2.52. The molecule has 0 atom stereocenters. The summed E-state index contributed by atoms with van der Waals surface area (Å²) in [4.78, 5) is 46.4. The highest BCUT2D eigenvalue weighted by molar-refractivity contribution is 7.50. The summed E-state index contributed by atoms with van der Waals surface area (Å²) in [5.74, 6) is -0.557. The van der Waals surface area contributed by atoms with Gasteiger partial charge >= 0.3 is 13.8 Å². The van der Waals surface area contributed by atoms with Crippen molar-refractivity contribution in [3.63, 3.8) is 0 Å². The van der Waals surface area contributed by atoms with E-state index in [0.29, 0.717) is 29.9 Å². The van der Waals surface area contributed by atoms with Crippen LogP contribution in [0, 0.1) is 0 Å². The van der Waals surface area contributed by atoms with Crippen LogP contribution in [0.2, 0.25) is 0 Å². The van der Waals surface area contributed by atoms with Crippen LogP contribution in [0.15, 0.2) is 36.5 Å². The molecule has 1 amide bonds. The lowest BCUT2D eigenvalue weighted by molar-refractivity contribution is -0.137. The maximum atomic E-state index is 14.1. The van der Waals surface area contributed by atoms with E-state index < -0.39 is 31.3 Å². The summed E-state index contributed by atoms with van der Waals surface area (Å²) in [5, 5.41) is 5.63. The SMILES string of the molecule is COc1cc(CP(=O)(O)O)ccc1Nc1ncc(C(F)(F)F)c(Nc2ccc([C@H]3C[C@H](N4CCN(C)CC4)C3)c3c2C(=O)N(C)C3)n1. The fourth-order valence-electron chi connectivity index (χ4n) is 6.56. The fourth-order valence-corrected chi connectivity index (χ4v) is 7.23. The van der Waals surface area contributed by atoms with Crippen molar-refractivity contribution in [3.8, 4) is 5.75 Å². The first-order valence-corrected chi connectivity index (χ1v) is 17.0. The number of hydrogen-bond donors (Lipinski definition) is 4. The molecule has 47 heavy (non-hydrogen) atoms. The molecule has 252 valence electrons. The van der Waals surface area contributed by atoms with Crippen molar-refractivity contribution in [2.75, 3.05) is 58.0 Å². The van der Waals surface area contributed by atoms with E-state index in [2.05, 4.69) is 37.4 Å². The van der Waals surface area contributed by atoms with Crippen LogP contribution in [0.5, 0.6) is 5.75 Å². The van der Waals surface area contributed by atoms with Gasteiger partial charge in [-0.05, 0) is 60.7 Å². The van der Waals surface area contributed by atoms with Crippen LogP contribution in [0.25, 0.3) is 0 Å². The number of carbonyl (C=O) groups excluding carboxylic acids is 1. The van der Waals surface area contributed by atoms with Crippen molar-refractivity contribution in [2.24, 2.45) is 0 Å². The molecule has 0 bridgehead atoms. The largest absolute Gasteiger partial charge is 0.495 e. The van der Waals surface area contributed by atoms with Gasteiger partial charge in [-0.1, -0.05) is 12.1 Å². The van der Waals surface area contributed by atoms with Crippen LogP contribution >= 0.6 is 7.60 Å². The number of anilines is 4. The number of carbonyl (C=O) groups is 1. The standard InChI is InChI=1S/C31H37F3N7O5P/c1-39-8-10-41(11-9-39)20-13-19(14-20)21-5-7-25(27-22(21)16-40(2)29(27)42)36-28-23(31(32,33)34)15-35-30(38-28)37-24-6-4-18(12-26(24)46-3)17-47(43,44)45/h4-7,12,15,19-20H,8-11,13-14,16-17H2,1-3H3,(H2,43,44,45)(H2,35,36,37,38)/t19-,20-. The molecule has 2 aliphatic heterocycles. The number of likely N-dealkylation sites (N-methyl/N-ethyl adjacent to an activating group) is 1. The molecule has 3 aliphatic rings. The Morgan fingerprint density at radius 1 is 1.04 bits per heavy atom. The number of hydrogen-bond acceptors (Lipinski definition) is 9. The molecule has 4 N–H and O–H groups in total. The Hall–Kier alpha value is -3.75. The topological polar surface area (TPSA) is 143 Å². The van der Waals surface area contributed by atoms with Crippen molar-refractivity contribution in [1.29, 1.82) is 0 Å². The van der Waals surface area contributed by atoms with Gasteiger partial charge < -0.3 is 35.0 Å². The third kappa shape index (κ3) is 7.09. The van der Waals surface area contributed by atoms with Crippen LogP contribution < -0.4 is 15.4 Å². The molecule has 2 aromatic carbocycles. The molecule has 1 aliphatic carbocycles. The maximum Gasteiger partial charge on any atom is 0.421 e. The van der Waals surface area contributed by atoms with Crippen LogP contribution in [0.4, 0.5) is 36.3 Å². The number of fused-ring (bicyclic) bond motifs is 1. The Morgan fingerprint density at radius 3 is 2.40 bits per heavy atom. The summed E-state index contributed by atoms with van der Waals surface area (Å²) in [6.45, 7) is 4.50. The van der Waals surface area contributed by atoms with Crippen LogP contribution in [-0.4, -0.2) is 93.8 Å². The normalized spacial score (nSPS) is 20.6. The van der Waals surface area contributed by atoms with Gasteiger partial charge in [0.15, 0.2) is 0 Å². The van der Waals surface area contributed by atoms with Crippen molar-refractivity contribution >= 4 is 36.6 Å². The lowest BCUT2D eigenvalue weighted by atomic mass is 9.73. The van der Waals surface area contributed by atoms with Gasteiger partial charge in [-0.25, -0.2) is 4.98 Å². The molecule has 1 saturated heterocycles. The number of piperazine rings is 1. The number of aromatic nitrogens is 2. The molecule has 3 aromatic rings. The summed E-state index contributed by atoms with van der Waals surface area (Å²) >= 11 is 0. The number of nitrogens with one attached hydrogen (secondary N) is 2. The maximum absolute atomic E-state index is 14.1. The van der Waals surface area contributed by atoms with E-state index in [0.717, 1.165) is 50.1 Å². The summed E-state index contributed by atoms with van der Waals surface area (Å²) in [5.41, 5.74) is 1.91. The summed E-state index contributed by atoms with van der Waals surface area (Å²) in [7, 11) is 0.806. The second-order valence-electron chi connectivity index (χ2n) is 12.4. The van der Waals surface area contributed by atoms with Gasteiger partial charge in [0.2, 0.25) is 5.95 Å². The monoisotopic (exact) mass is 675 g/mol. The minimum atomic E-state index is -4.79. The Morgan fingerprint density at radius 2 is 1.74 bits per heavy atom. The van der Waals surface area contributed by atoms with Crippen LogP contribution in [0.3, 0.4) is 0 Å². The number of rotatable bonds is 9. The lowest BCUT2D eigenvalue weighted by Gasteiger charge is -2.46. The number of benzene rings is 2. The zero-order valence-corrected chi connectivity index (χ0v) is 27.1. The molecule has 2 fully saturated rings. The minimum absolute atomic E-state index is 0.182. The molecular formula is C31H37F3N7O5P. The van der Waals surface area contributed by atoms with Crippen LogP contribution in [-0.2, 0) is 23.4 Å². The molecular weight excluding hydrogens is 638 g/mol. The van der Waals surface area contributed by atoms with Crippen molar-refractivity contribution in [1.82, 2.24) is 24.7 Å². The number of nitrogens with zero attached hydrogens (tertiary/aromatic N) is 5. The quantitative estimate of drug-likeness (QED) is 0.234. The second kappa shape index (κ2) is 12.7. The van der Waals surface area contributed by atoms with E-state index in [4.69, 9.17) is 4.74 Å². The predicted molar refractivity (Wildman–Crippen MR) is 169 cm³/mol. The molecule has 12 nitrogen and oxygen atoms in total. The number of halogens is 3.